The van der Waals surface area contributed by atoms with E-state index in [1.54, 1.807) is 42.5 Å². The molecule has 3 rings (SSSR count). The largest absolute Gasteiger partial charge is 0.496 e. The number of rotatable bonds is 5. The van der Waals surface area contributed by atoms with Gasteiger partial charge in [0, 0.05) is 16.3 Å². The molecule has 0 bridgehead atoms. The Balaban J connectivity index is 1.75. The van der Waals surface area contributed by atoms with Gasteiger partial charge in [0.25, 0.3) is 5.91 Å². The molecular weight excluding hydrogens is 435 g/mol. The lowest BCUT2D eigenvalue weighted by Crippen LogP contribution is -2.34. The number of thiocarbonyl (C=S) groups is 1. The Labute approximate surface area is 182 Å². The molecule has 29 heavy (non-hydrogen) atoms. The van der Waals surface area contributed by atoms with Crippen molar-refractivity contribution >= 4 is 52.1 Å². The Morgan fingerprint density at radius 2 is 1.97 bits per heavy atom. The van der Waals surface area contributed by atoms with Crippen LogP contribution in [0.1, 0.15) is 16.1 Å². The van der Waals surface area contributed by atoms with Gasteiger partial charge in [0.05, 0.1) is 17.7 Å². The van der Waals surface area contributed by atoms with E-state index in [2.05, 4.69) is 10.6 Å². The summed E-state index contributed by atoms with van der Waals surface area (Å²) in [6.45, 7) is -0.210. The molecule has 9 heteroatoms. The fourth-order valence-corrected chi connectivity index (χ4v) is 3.18. The Morgan fingerprint density at radius 1 is 1.17 bits per heavy atom. The fourth-order valence-electron chi connectivity index (χ4n) is 2.59. The third-order valence-electron chi connectivity index (χ3n) is 3.94. The molecule has 150 valence electrons. The Morgan fingerprint density at radius 3 is 2.66 bits per heavy atom. The van der Waals surface area contributed by atoms with Crippen molar-refractivity contribution < 1.29 is 19.1 Å². The number of nitrogens with one attached hydrogen (secondary N) is 2. The van der Waals surface area contributed by atoms with Gasteiger partial charge in [-0.25, -0.2) is 0 Å². The van der Waals surface area contributed by atoms with Crippen LogP contribution in [-0.4, -0.2) is 23.2 Å². The minimum atomic E-state index is -0.463. The van der Waals surface area contributed by atoms with E-state index in [4.69, 9.17) is 49.7 Å². The molecule has 0 unspecified atom stereocenters. The molecule has 6 nitrogen and oxygen atoms in total. The molecule has 0 saturated carbocycles. The molecule has 0 aliphatic heterocycles. The average Bonchev–Trinajstić information content (AvgIpc) is 3.18. The van der Waals surface area contributed by atoms with Crippen molar-refractivity contribution in [2.75, 3.05) is 12.4 Å². The molecule has 0 radical (unpaired) electrons. The highest BCUT2D eigenvalue weighted by atomic mass is 35.5. The number of carbonyl (C=O) groups is 1. The predicted molar refractivity (Wildman–Crippen MR) is 117 cm³/mol. The standard InChI is InChI=1S/C20H16Cl2N2O4S/c1-27-17-6-2-11(21)8-15(17)19(26)24-20(29)23-12-3-5-16(22)14(9-12)18-7-4-13(10-25)28-18/h2-9,25H,10H2,1H3,(H2,23,24,26,29). The molecule has 0 spiro atoms. The van der Waals surface area contributed by atoms with Gasteiger partial charge < -0.3 is 19.6 Å². The van der Waals surface area contributed by atoms with Crippen LogP contribution in [0.5, 0.6) is 5.75 Å². The van der Waals surface area contributed by atoms with Crippen LogP contribution < -0.4 is 15.4 Å². The van der Waals surface area contributed by atoms with E-state index in [9.17, 15) is 4.79 Å². The second-order valence-corrected chi connectivity index (χ2v) is 7.12. The Bertz CT molecular complexity index is 1070. The van der Waals surface area contributed by atoms with Crippen LogP contribution >= 0.6 is 35.4 Å². The van der Waals surface area contributed by atoms with Crippen LogP contribution in [0.4, 0.5) is 5.69 Å². The molecule has 0 saturated heterocycles. The van der Waals surface area contributed by atoms with Gasteiger partial charge in [0.2, 0.25) is 0 Å². The first kappa shape index (κ1) is 21.1. The van der Waals surface area contributed by atoms with Crippen molar-refractivity contribution in [3.8, 4) is 17.1 Å². The van der Waals surface area contributed by atoms with Crippen molar-refractivity contribution in [1.82, 2.24) is 5.32 Å². The molecule has 2 aromatic carbocycles. The van der Waals surface area contributed by atoms with E-state index in [-0.39, 0.29) is 17.3 Å². The molecule has 0 aliphatic rings. The van der Waals surface area contributed by atoms with E-state index in [1.165, 1.54) is 13.2 Å². The van der Waals surface area contributed by atoms with E-state index in [0.717, 1.165) is 0 Å². The van der Waals surface area contributed by atoms with Gasteiger partial charge in [-0.1, -0.05) is 23.2 Å². The minimum absolute atomic E-state index is 0.0841. The zero-order chi connectivity index (χ0) is 21.0. The molecule has 0 atom stereocenters. The summed E-state index contributed by atoms with van der Waals surface area (Å²) in [5.74, 6) is 0.838. The predicted octanol–water partition coefficient (Wildman–Crippen LogP) is 4.88. The fraction of sp³-hybridized carbons (Fsp3) is 0.100. The monoisotopic (exact) mass is 450 g/mol. The summed E-state index contributed by atoms with van der Waals surface area (Å²) < 4.78 is 10.7. The van der Waals surface area contributed by atoms with Gasteiger partial charge in [-0.3, -0.25) is 10.1 Å². The Kier molecular flexibility index (Phi) is 6.76. The smallest absolute Gasteiger partial charge is 0.261 e. The third kappa shape index (κ3) is 5.07. The summed E-state index contributed by atoms with van der Waals surface area (Å²) in [5, 5.41) is 15.6. The number of aliphatic hydroxyl groups excluding tert-OH is 1. The molecule has 0 aliphatic carbocycles. The number of halogens is 2. The minimum Gasteiger partial charge on any atom is -0.496 e. The van der Waals surface area contributed by atoms with Crippen LogP contribution in [0.25, 0.3) is 11.3 Å². The zero-order valence-corrected chi connectivity index (χ0v) is 17.5. The first-order chi connectivity index (χ1) is 13.9. The van der Waals surface area contributed by atoms with Crippen molar-refractivity contribution in [3.05, 3.63) is 69.9 Å². The van der Waals surface area contributed by atoms with Crippen molar-refractivity contribution in [2.45, 2.75) is 6.61 Å². The maximum atomic E-state index is 12.5. The Hall–Kier alpha value is -2.58. The summed E-state index contributed by atoms with van der Waals surface area (Å²) in [7, 11) is 1.46. The highest BCUT2D eigenvalue weighted by molar-refractivity contribution is 7.80. The van der Waals surface area contributed by atoms with E-state index >= 15 is 0 Å². The normalized spacial score (nSPS) is 10.5. The van der Waals surface area contributed by atoms with Crippen molar-refractivity contribution in [1.29, 1.82) is 0 Å². The van der Waals surface area contributed by atoms with Crippen LogP contribution in [0.2, 0.25) is 10.0 Å². The maximum absolute atomic E-state index is 12.5. The number of furan rings is 1. The van der Waals surface area contributed by atoms with Crippen LogP contribution in [-0.2, 0) is 6.61 Å². The number of hydrogen-bond acceptors (Lipinski definition) is 5. The topological polar surface area (TPSA) is 83.7 Å². The van der Waals surface area contributed by atoms with Crippen LogP contribution in [0.15, 0.2) is 52.9 Å². The van der Waals surface area contributed by atoms with Gasteiger partial charge in [-0.15, -0.1) is 0 Å². The van der Waals surface area contributed by atoms with Crippen LogP contribution in [0.3, 0.4) is 0 Å². The first-order valence-corrected chi connectivity index (χ1v) is 9.53. The van der Waals surface area contributed by atoms with Gasteiger partial charge in [-0.05, 0) is 60.7 Å². The lowest BCUT2D eigenvalue weighted by molar-refractivity contribution is 0.0975. The summed E-state index contributed by atoms with van der Waals surface area (Å²) in [4.78, 5) is 12.5. The third-order valence-corrected chi connectivity index (χ3v) is 4.71. The van der Waals surface area contributed by atoms with Crippen molar-refractivity contribution in [3.63, 3.8) is 0 Å². The van der Waals surface area contributed by atoms with Gasteiger partial charge >= 0.3 is 0 Å². The summed E-state index contributed by atoms with van der Waals surface area (Å²) in [6.07, 6.45) is 0. The van der Waals surface area contributed by atoms with Gasteiger partial charge in [0.1, 0.15) is 23.9 Å². The number of ether oxygens (including phenoxy) is 1. The molecule has 1 amide bonds. The number of hydrogen-bond donors (Lipinski definition) is 3. The second-order valence-electron chi connectivity index (χ2n) is 5.87. The molecule has 3 aromatic rings. The van der Waals surface area contributed by atoms with Gasteiger partial charge in [0.15, 0.2) is 5.11 Å². The highest BCUT2D eigenvalue weighted by Crippen LogP contribution is 2.32. The quantitative estimate of drug-likeness (QED) is 0.480. The van der Waals surface area contributed by atoms with Gasteiger partial charge in [-0.2, -0.15) is 0 Å². The zero-order valence-electron chi connectivity index (χ0n) is 15.2. The van der Waals surface area contributed by atoms with E-state index in [0.29, 0.717) is 38.6 Å². The summed E-state index contributed by atoms with van der Waals surface area (Å²) >= 11 is 17.5. The van der Waals surface area contributed by atoms with E-state index in [1.807, 2.05) is 0 Å². The SMILES string of the molecule is COc1ccc(Cl)cc1C(=O)NC(=S)Nc1ccc(Cl)c(-c2ccc(CO)o2)c1. The lowest BCUT2D eigenvalue weighted by Gasteiger charge is -2.13. The highest BCUT2D eigenvalue weighted by Gasteiger charge is 2.15. The number of methoxy groups -OCH3 is 1. The summed E-state index contributed by atoms with van der Waals surface area (Å²) in [5.41, 5.74) is 1.46. The number of aliphatic hydroxyl groups is 1. The maximum Gasteiger partial charge on any atom is 0.261 e. The van der Waals surface area contributed by atoms with Crippen LogP contribution in [0, 0.1) is 0 Å². The van der Waals surface area contributed by atoms with E-state index < -0.39 is 5.91 Å². The lowest BCUT2D eigenvalue weighted by atomic mass is 10.1. The molecule has 1 heterocycles. The molecule has 3 N–H and O–H groups in total. The molecule has 1 aromatic heterocycles. The number of benzene rings is 2. The molecule has 0 fully saturated rings. The second kappa shape index (κ2) is 9.28. The number of carbonyl (C=O) groups excluding carboxylic acids is 1. The summed E-state index contributed by atoms with van der Waals surface area (Å²) in [6, 6.07) is 13.2. The first-order valence-electron chi connectivity index (χ1n) is 8.36. The van der Waals surface area contributed by atoms with Crippen molar-refractivity contribution in [2.24, 2.45) is 0 Å². The molecular formula is C20H16Cl2N2O4S. The number of amides is 1. The number of anilines is 1. The average molecular weight is 451 g/mol.